The van der Waals surface area contributed by atoms with E-state index in [1.807, 2.05) is 0 Å². The Bertz CT molecular complexity index is 23.4. The van der Waals surface area contributed by atoms with Crippen molar-refractivity contribution in [1.82, 2.24) is 0 Å². The van der Waals surface area contributed by atoms with Gasteiger partial charge in [-0.25, -0.2) is 4.89 Å². The summed E-state index contributed by atoms with van der Waals surface area (Å²) in [6.07, 6.45) is 0. The summed E-state index contributed by atoms with van der Waals surface area (Å²) < 4.78 is 4.50. The summed E-state index contributed by atoms with van der Waals surface area (Å²) in [4.78, 5) is 3.54. The first-order valence-electron chi connectivity index (χ1n) is 2.26. The minimum Gasteiger partial charge on any atom is -0.377 e. The molecule has 0 saturated carbocycles. The molecule has 0 radical (unpaired) electrons. The maximum atomic E-state index is 7.38. The Morgan fingerprint density at radius 3 is 2.00 bits per heavy atom. The Morgan fingerprint density at radius 2 is 2.00 bits per heavy atom. The molecule has 44 valence electrons. The Morgan fingerprint density at radius 1 is 1.71 bits per heavy atom. The number of epoxide rings is 1. The van der Waals surface area contributed by atoms with Crippen LogP contribution in [0.3, 0.4) is 0 Å². The summed E-state index contributed by atoms with van der Waals surface area (Å²) in [6.45, 7) is 4.08. The van der Waals surface area contributed by atoms with Gasteiger partial charge in [-0.2, -0.15) is 0 Å². The molecule has 0 unspecified atom stereocenters. The Labute approximate surface area is 42.8 Å². The van der Waals surface area contributed by atoms with Gasteiger partial charge >= 0.3 is 0 Å². The standard InChI is InChI=1S/C2H6O2.C2H4O/c1-2-4-3;1-2-3-1/h3H,2H2,1H3;1-2H2. The third kappa shape index (κ3) is 25.0. The molecule has 0 aliphatic carbocycles. The molecule has 3 nitrogen and oxygen atoms in total. The van der Waals surface area contributed by atoms with Crippen molar-refractivity contribution in [2.24, 2.45) is 0 Å². The molecule has 0 spiro atoms. The van der Waals surface area contributed by atoms with Gasteiger partial charge in [-0.3, -0.25) is 5.26 Å². The van der Waals surface area contributed by atoms with Crippen LogP contribution < -0.4 is 0 Å². The van der Waals surface area contributed by atoms with E-state index in [2.05, 4.69) is 9.62 Å². The summed E-state index contributed by atoms with van der Waals surface area (Å²) in [7, 11) is 0. The van der Waals surface area contributed by atoms with Crippen molar-refractivity contribution in [2.45, 2.75) is 6.92 Å². The lowest BCUT2D eigenvalue weighted by molar-refractivity contribution is -0.237. The summed E-state index contributed by atoms with van der Waals surface area (Å²) in [5.74, 6) is 0. The van der Waals surface area contributed by atoms with E-state index < -0.39 is 0 Å². The van der Waals surface area contributed by atoms with Crippen LogP contribution in [0.4, 0.5) is 0 Å². The number of hydrogen-bond donors (Lipinski definition) is 1. The van der Waals surface area contributed by atoms with Gasteiger partial charge in [0.15, 0.2) is 0 Å². The Kier molecular flexibility index (Phi) is 5.78. The van der Waals surface area contributed by atoms with Gasteiger partial charge in [-0.1, -0.05) is 0 Å². The largest absolute Gasteiger partial charge is 0.377 e. The van der Waals surface area contributed by atoms with Crippen molar-refractivity contribution in [2.75, 3.05) is 19.8 Å². The summed E-state index contributed by atoms with van der Waals surface area (Å²) >= 11 is 0. The van der Waals surface area contributed by atoms with E-state index in [0.717, 1.165) is 13.2 Å². The van der Waals surface area contributed by atoms with Crippen LogP contribution in [0.25, 0.3) is 0 Å². The monoisotopic (exact) mass is 106 g/mol. The molecule has 0 bridgehead atoms. The van der Waals surface area contributed by atoms with Crippen LogP contribution in [0.2, 0.25) is 0 Å². The second-order valence-corrected chi connectivity index (χ2v) is 1.03. The first-order valence-corrected chi connectivity index (χ1v) is 2.26. The lowest BCUT2D eigenvalue weighted by atomic mass is 10.9. The van der Waals surface area contributed by atoms with E-state index in [-0.39, 0.29) is 0 Å². The molecule has 3 heteroatoms. The second-order valence-electron chi connectivity index (χ2n) is 1.03. The Balaban J connectivity index is 0.000000105. The number of ether oxygens (including phenoxy) is 1. The second kappa shape index (κ2) is 5.88. The van der Waals surface area contributed by atoms with E-state index in [1.54, 1.807) is 6.92 Å². The predicted molar refractivity (Wildman–Crippen MR) is 25.1 cm³/mol. The highest BCUT2D eigenvalue weighted by Crippen LogP contribution is 1.84. The fourth-order valence-corrected chi connectivity index (χ4v) is 0. The smallest absolute Gasteiger partial charge is 0.0791 e. The van der Waals surface area contributed by atoms with Crippen LogP contribution >= 0.6 is 0 Å². The van der Waals surface area contributed by atoms with Crippen molar-refractivity contribution < 1.29 is 14.9 Å². The van der Waals surface area contributed by atoms with Gasteiger partial charge < -0.3 is 4.74 Å². The topological polar surface area (TPSA) is 42.0 Å². The van der Waals surface area contributed by atoms with Crippen LogP contribution in [-0.4, -0.2) is 25.1 Å². The van der Waals surface area contributed by atoms with Crippen LogP contribution in [0.1, 0.15) is 6.92 Å². The highest BCUT2D eigenvalue weighted by atomic mass is 17.1. The van der Waals surface area contributed by atoms with Crippen LogP contribution in [0, 0.1) is 0 Å². The lowest BCUT2D eigenvalue weighted by Gasteiger charge is -1.73. The summed E-state index contributed by atoms with van der Waals surface area (Å²) in [5.41, 5.74) is 0. The third-order valence-corrected chi connectivity index (χ3v) is 0.333. The van der Waals surface area contributed by atoms with Gasteiger partial charge in [0, 0.05) is 0 Å². The third-order valence-electron chi connectivity index (χ3n) is 0.333. The van der Waals surface area contributed by atoms with Crippen LogP contribution in [-0.2, 0) is 9.62 Å². The molecule has 0 aromatic rings. The van der Waals surface area contributed by atoms with E-state index in [0.29, 0.717) is 6.61 Å². The van der Waals surface area contributed by atoms with Crippen LogP contribution in [0.15, 0.2) is 0 Å². The highest BCUT2D eigenvalue weighted by molar-refractivity contribution is 4.36. The molecule has 0 atom stereocenters. The van der Waals surface area contributed by atoms with E-state index in [4.69, 9.17) is 5.26 Å². The van der Waals surface area contributed by atoms with Crippen LogP contribution in [0.5, 0.6) is 0 Å². The van der Waals surface area contributed by atoms with Crippen molar-refractivity contribution in [1.29, 1.82) is 0 Å². The fraction of sp³-hybridized carbons (Fsp3) is 1.00. The fourth-order valence-electron chi connectivity index (χ4n) is 0. The maximum absolute atomic E-state index is 7.38. The first kappa shape index (κ1) is 6.88. The molecule has 1 aliphatic rings. The molecular weight excluding hydrogens is 96.0 g/mol. The molecule has 0 aromatic carbocycles. The normalized spacial score (nSPS) is 14.6. The highest BCUT2D eigenvalue weighted by Gasteiger charge is 1.94. The lowest BCUT2D eigenvalue weighted by Crippen LogP contribution is -1.74. The molecule has 0 amide bonds. The molecule has 1 rings (SSSR count). The minimum absolute atomic E-state index is 0.375. The summed E-state index contributed by atoms with van der Waals surface area (Å²) in [5, 5.41) is 7.38. The van der Waals surface area contributed by atoms with Gasteiger partial charge in [0.1, 0.15) is 0 Å². The molecule has 1 aliphatic heterocycles. The van der Waals surface area contributed by atoms with Crippen molar-refractivity contribution in [3.63, 3.8) is 0 Å². The van der Waals surface area contributed by atoms with E-state index in [9.17, 15) is 0 Å². The number of rotatable bonds is 1. The zero-order valence-electron chi connectivity index (χ0n) is 4.39. The molecule has 1 fully saturated rings. The van der Waals surface area contributed by atoms with E-state index in [1.165, 1.54) is 0 Å². The van der Waals surface area contributed by atoms with Gasteiger partial charge in [-0.15, -0.1) is 0 Å². The van der Waals surface area contributed by atoms with Crippen molar-refractivity contribution >= 4 is 0 Å². The zero-order chi connectivity index (χ0) is 5.54. The summed E-state index contributed by atoms with van der Waals surface area (Å²) in [6, 6.07) is 0. The number of hydrogen-bond acceptors (Lipinski definition) is 3. The molecular formula is C4H10O3. The molecule has 1 N–H and O–H groups in total. The van der Waals surface area contributed by atoms with Crippen molar-refractivity contribution in [3.05, 3.63) is 0 Å². The quantitative estimate of drug-likeness (QED) is 0.301. The maximum Gasteiger partial charge on any atom is 0.0791 e. The van der Waals surface area contributed by atoms with E-state index >= 15 is 0 Å². The average molecular weight is 106 g/mol. The molecule has 1 heterocycles. The Hall–Kier alpha value is -0.120. The zero-order valence-corrected chi connectivity index (χ0v) is 4.39. The van der Waals surface area contributed by atoms with Gasteiger partial charge in [-0.05, 0) is 6.92 Å². The van der Waals surface area contributed by atoms with Crippen molar-refractivity contribution in [3.8, 4) is 0 Å². The predicted octanol–water partition coefficient (Wildman–Crippen LogP) is 0.512. The van der Waals surface area contributed by atoms with Gasteiger partial charge in [0.05, 0.1) is 19.8 Å². The first-order chi connectivity index (χ1) is 3.41. The molecule has 0 aromatic heterocycles. The molecule has 7 heavy (non-hydrogen) atoms. The molecule has 1 saturated heterocycles. The average Bonchev–Trinajstić information content (AvgIpc) is 2.47. The minimum atomic E-state index is 0.375. The van der Waals surface area contributed by atoms with Gasteiger partial charge in [0.25, 0.3) is 0 Å². The van der Waals surface area contributed by atoms with Gasteiger partial charge in [0.2, 0.25) is 0 Å². The SMILES string of the molecule is C1CO1.CCOO.